The summed E-state index contributed by atoms with van der Waals surface area (Å²) in [5.74, 6) is 1.53. The molecule has 1 N–H and O–H groups in total. The third-order valence-electron chi connectivity index (χ3n) is 5.18. The van der Waals surface area contributed by atoms with Gasteiger partial charge in [-0.2, -0.15) is 0 Å². The summed E-state index contributed by atoms with van der Waals surface area (Å²) in [7, 11) is 1.78. The fraction of sp³-hybridized carbons (Fsp3) is 0.650. The summed E-state index contributed by atoms with van der Waals surface area (Å²) in [6.45, 7) is 5.52. The van der Waals surface area contributed by atoms with Crippen LogP contribution in [0.2, 0.25) is 0 Å². The second-order valence-corrected chi connectivity index (χ2v) is 7.07. The molecule has 0 bridgehead atoms. The van der Waals surface area contributed by atoms with E-state index in [9.17, 15) is 4.79 Å². The third-order valence-corrected chi connectivity index (χ3v) is 5.18. The first-order valence-corrected chi connectivity index (χ1v) is 10.2. The highest BCUT2D eigenvalue weighted by Gasteiger charge is 2.24. The number of amides is 1. The van der Waals surface area contributed by atoms with E-state index in [0.29, 0.717) is 32.1 Å². The van der Waals surface area contributed by atoms with Crippen molar-refractivity contribution in [2.24, 2.45) is 4.99 Å². The maximum atomic E-state index is 11.9. The Kier molecular flexibility index (Phi) is 9.75. The van der Waals surface area contributed by atoms with E-state index in [2.05, 4.69) is 20.2 Å². The number of carbonyl (C=O) groups is 1. The van der Waals surface area contributed by atoms with Crippen LogP contribution < -0.4 is 10.1 Å². The summed E-state index contributed by atoms with van der Waals surface area (Å²) in [6.07, 6.45) is 6.49. The lowest BCUT2D eigenvalue weighted by atomic mass is 10.2. The number of rotatable bonds is 5. The standard InChI is InChI=1S/C20H31N5O3.HI/c1-3-27-20(26)25-13-11-24(12-14-25)19(21-2)23-15-16-7-6-10-22-18(16)28-17-8-4-5-9-17;/h6-7,10,17H,3-5,8-9,11-15H2,1-2H3,(H,21,23);1H. The fourth-order valence-corrected chi connectivity index (χ4v) is 3.65. The number of aliphatic imine (C=N–C) groups is 1. The molecule has 29 heavy (non-hydrogen) atoms. The van der Waals surface area contributed by atoms with Gasteiger partial charge in [0.1, 0.15) is 6.10 Å². The fourth-order valence-electron chi connectivity index (χ4n) is 3.65. The van der Waals surface area contributed by atoms with Crippen molar-refractivity contribution in [3.8, 4) is 5.88 Å². The molecule has 0 spiro atoms. The molecule has 0 atom stereocenters. The van der Waals surface area contributed by atoms with Crippen molar-refractivity contribution >= 4 is 36.0 Å². The molecule has 2 fully saturated rings. The molecule has 0 radical (unpaired) electrons. The van der Waals surface area contributed by atoms with Gasteiger partial charge in [-0.3, -0.25) is 4.99 Å². The largest absolute Gasteiger partial charge is 0.474 e. The molecule has 162 valence electrons. The zero-order valence-electron chi connectivity index (χ0n) is 17.3. The topological polar surface area (TPSA) is 79.3 Å². The van der Waals surface area contributed by atoms with Crippen molar-refractivity contribution in [2.45, 2.75) is 45.3 Å². The van der Waals surface area contributed by atoms with E-state index in [1.165, 1.54) is 12.8 Å². The Morgan fingerprint density at radius 3 is 2.59 bits per heavy atom. The SMILES string of the molecule is CCOC(=O)N1CCN(C(=NC)NCc2cccnc2OC2CCCC2)CC1.I. The molecule has 2 heterocycles. The number of aromatic nitrogens is 1. The summed E-state index contributed by atoms with van der Waals surface area (Å²) >= 11 is 0. The van der Waals surface area contributed by atoms with Gasteiger partial charge in [0.05, 0.1) is 6.61 Å². The van der Waals surface area contributed by atoms with Gasteiger partial charge in [0.2, 0.25) is 5.88 Å². The van der Waals surface area contributed by atoms with Gasteiger partial charge in [0.25, 0.3) is 0 Å². The van der Waals surface area contributed by atoms with E-state index in [0.717, 1.165) is 37.5 Å². The number of halogens is 1. The quantitative estimate of drug-likeness (QED) is 0.368. The van der Waals surface area contributed by atoms with Crippen LogP contribution in [-0.4, -0.2) is 72.8 Å². The Balaban J connectivity index is 0.00000300. The molecule has 2 aliphatic rings. The van der Waals surface area contributed by atoms with Gasteiger partial charge in [-0.1, -0.05) is 6.07 Å². The van der Waals surface area contributed by atoms with Crippen LogP contribution in [0.15, 0.2) is 23.3 Å². The van der Waals surface area contributed by atoms with Crippen molar-refractivity contribution in [1.29, 1.82) is 0 Å². The molecule has 1 aliphatic carbocycles. The molecular formula is C20H32IN5O3. The monoisotopic (exact) mass is 517 g/mol. The molecule has 1 saturated heterocycles. The van der Waals surface area contributed by atoms with Gasteiger partial charge in [0.15, 0.2) is 5.96 Å². The molecule has 3 rings (SSSR count). The lowest BCUT2D eigenvalue weighted by Gasteiger charge is -2.35. The Hall–Kier alpha value is -1.78. The summed E-state index contributed by atoms with van der Waals surface area (Å²) in [5.41, 5.74) is 1.03. The lowest BCUT2D eigenvalue weighted by molar-refractivity contribution is 0.0914. The van der Waals surface area contributed by atoms with E-state index in [1.54, 1.807) is 18.1 Å². The first-order valence-electron chi connectivity index (χ1n) is 10.2. The first kappa shape index (κ1) is 23.5. The van der Waals surface area contributed by atoms with Crippen LogP contribution in [0.25, 0.3) is 0 Å². The normalized spacial score (nSPS) is 17.7. The third kappa shape index (κ3) is 6.61. The van der Waals surface area contributed by atoms with Gasteiger partial charge in [0, 0.05) is 51.5 Å². The number of hydrogen-bond donors (Lipinski definition) is 1. The van der Waals surface area contributed by atoms with E-state index in [1.807, 2.05) is 19.1 Å². The van der Waals surface area contributed by atoms with E-state index < -0.39 is 0 Å². The lowest BCUT2D eigenvalue weighted by Crippen LogP contribution is -2.53. The molecule has 1 amide bonds. The maximum Gasteiger partial charge on any atom is 0.409 e. The second-order valence-electron chi connectivity index (χ2n) is 7.07. The van der Waals surface area contributed by atoms with E-state index >= 15 is 0 Å². The average Bonchev–Trinajstić information content (AvgIpc) is 3.23. The smallest absolute Gasteiger partial charge is 0.409 e. The van der Waals surface area contributed by atoms with Gasteiger partial charge in [-0.25, -0.2) is 9.78 Å². The summed E-state index contributed by atoms with van der Waals surface area (Å²) in [4.78, 5) is 24.6. The zero-order chi connectivity index (χ0) is 19.8. The van der Waals surface area contributed by atoms with Gasteiger partial charge in [-0.05, 0) is 38.7 Å². The highest BCUT2D eigenvalue weighted by atomic mass is 127. The number of pyridine rings is 1. The van der Waals surface area contributed by atoms with Crippen LogP contribution in [0.1, 0.15) is 38.2 Å². The summed E-state index contributed by atoms with van der Waals surface area (Å²) in [6, 6.07) is 3.97. The van der Waals surface area contributed by atoms with Crippen molar-refractivity contribution in [1.82, 2.24) is 20.1 Å². The van der Waals surface area contributed by atoms with Crippen LogP contribution >= 0.6 is 24.0 Å². The molecular weight excluding hydrogens is 485 g/mol. The minimum absolute atomic E-state index is 0. The van der Waals surface area contributed by atoms with Crippen LogP contribution in [0.5, 0.6) is 5.88 Å². The number of nitrogens with zero attached hydrogens (tertiary/aromatic N) is 4. The number of nitrogens with one attached hydrogen (secondary N) is 1. The predicted molar refractivity (Wildman–Crippen MR) is 123 cm³/mol. The number of guanidine groups is 1. The molecule has 1 aliphatic heterocycles. The van der Waals surface area contributed by atoms with Crippen LogP contribution in [-0.2, 0) is 11.3 Å². The number of ether oxygens (including phenoxy) is 2. The Bertz CT molecular complexity index is 674. The van der Waals surface area contributed by atoms with Gasteiger partial charge >= 0.3 is 6.09 Å². The molecule has 1 aromatic heterocycles. The van der Waals surface area contributed by atoms with Crippen molar-refractivity contribution in [3.05, 3.63) is 23.9 Å². The maximum absolute atomic E-state index is 11.9. The highest BCUT2D eigenvalue weighted by Crippen LogP contribution is 2.25. The van der Waals surface area contributed by atoms with Crippen molar-refractivity contribution in [2.75, 3.05) is 39.8 Å². The number of carbonyl (C=O) groups excluding carboxylic acids is 1. The molecule has 8 nitrogen and oxygen atoms in total. The molecule has 0 aromatic carbocycles. The Labute approximate surface area is 190 Å². The second kappa shape index (κ2) is 12.0. The van der Waals surface area contributed by atoms with E-state index in [4.69, 9.17) is 9.47 Å². The molecule has 1 saturated carbocycles. The zero-order valence-corrected chi connectivity index (χ0v) is 19.6. The molecule has 0 unspecified atom stereocenters. The van der Waals surface area contributed by atoms with Crippen LogP contribution in [0.3, 0.4) is 0 Å². The van der Waals surface area contributed by atoms with Crippen LogP contribution in [0, 0.1) is 0 Å². The van der Waals surface area contributed by atoms with Crippen molar-refractivity contribution in [3.63, 3.8) is 0 Å². The van der Waals surface area contributed by atoms with Crippen molar-refractivity contribution < 1.29 is 14.3 Å². The summed E-state index contributed by atoms with van der Waals surface area (Å²) in [5, 5.41) is 3.41. The van der Waals surface area contributed by atoms with Gasteiger partial charge < -0.3 is 24.6 Å². The van der Waals surface area contributed by atoms with Crippen LogP contribution in [0.4, 0.5) is 4.79 Å². The minimum Gasteiger partial charge on any atom is -0.474 e. The molecule has 1 aromatic rings. The number of piperazine rings is 1. The number of hydrogen-bond acceptors (Lipinski definition) is 5. The first-order chi connectivity index (χ1) is 13.7. The minimum atomic E-state index is -0.242. The Morgan fingerprint density at radius 1 is 1.24 bits per heavy atom. The van der Waals surface area contributed by atoms with Gasteiger partial charge in [-0.15, -0.1) is 24.0 Å². The Morgan fingerprint density at radius 2 is 1.93 bits per heavy atom. The summed E-state index contributed by atoms with van der Waals surface area (Å²) < 4.78 is 11.2. The average molecular weight is 517 g/mol. The highest BCUT2D eigenvalue weighted by molar-refractivity contribution is 14.0. The molecule has 9 heteroatoms. The van der Waals surface area contributed by atoms with E-state index in [-0.39, 0.29) is 36.2 Å². The predicted octanol–water partition coefficient (Wildman–Crippen LogP) is 2.87.